The second kappa shape index (κ2) is 7.44. The van der Waals surface area contributed by atoms with Gasteiger partial charge in [0, 0.05) is 11.4 Å². The number of hydrogen-bond donors (Lipinski definition) is 2. The number of benzene rings is 1. The summed E-state index contributed by atoms with van der Waals surface area (Å²) >= 11 is 1.70. The number of carbonyl (C=O) groups is 1. The Morgan fingerprint density at radius 2 is 2.00 bits per heavy atom. The van der Waals surface area contributed by atoms with Crippen LogP contribution in [0, 0.1) is 5.92 Å². The SMILES string of the molecule is CCC(C)C(NCc1ccc(SC)cc1)C(=O)O. The summed E-state index contributed by atoms with van der Waals surface area (Å²) in [5, 5.41) is 12.3. The van der Waals surface area contributed by atoms with Crippen molar-refractivity contribution < 1.29 is 9.90 Å². The highest BCUT2D eigenvalue weighted by atomic mass is 32.2. The summed E-state index contributed by atoms with van der Waals surface area (Å²) in [6.45, 7) is 4.56. The molecule has 0 aliphatic carbocycles. The van der Waals surface area contributed by atoms with Crippen molar-refractivity contribution in [3.8, 4) is 0 Å². The first-order chi connectivity index (χ1) is 8.58. The Morgan fingerprint density at radius 1 is 1.39 bits per heavy atom. The normalized spacial score (nSPS) is 14.2. The van der Waals surface area contributed by atoms with Gasteiger partial charge in [-0.25, -0.2) is 0 Å². The van der Waals surface area contributed by atoms with Gasteiger partial charge in [0.05, 0.1) is 0 Å². The maximum atomic E-state index is 11.2. The summed E-state index contributed by atoms with van der Waals surface area (Å²) in [6, 6.07) is 7.71. The van der Waals surface area contributed by atoms with Gasteiger partial charge in [-0.05, 0) is 29.9 Å². The maximum Gasteiger partial charge on any atom is 0.320 e. The summed E-state index contributed by atoms with van der Waals surface area (Å²) in [7, 11) is 0. The topological polar surface area (TPSA) is 49.3 Å². The lowest BCUT2D eigenvalue weighted by molar-refractivity contribution is -0.140. The van der Waals surface area contributed by atoms with Crippen molar-refractivity contribution in [3.05, 3.63) is 29.8 Å². The van der Waals surface area contributed by atoms with Crippen molar-refractivity contribution in [1.29, 1.82) is 0 Å². The van der Waals surface area contributed by atoms with Gasteiger partial charge in [-0.2, -0.15) is 0 Å². The number of aliphatic carboxylic acids is 1. The first-order valence-corrected chi connectivity index (χ1v) is 7.40. The smallest absolute Gasteiger partial charge is 0.320 e. The van der Waals surface area contributed by atoms with Gasteiger partial charge in [-0.3, -0.25) is 4.79 Å². The summed E-state index contributed by atoms with van der Waals surface area (Å²) in [5.41, 5.74) is 1.11. The van der Waals surface area contributed by atoms with Gasteiger partial charge in [-0.15, -0.1) is 11.8 Å². The van der Waals surface area contributed by atoms with Crippen LogP contribution in [0.25, 0.3) is 0 Å². The Balaban J connectivity index is 2.58. The minimum atomic E-state index is -0.773. The molecule has 3 nitrogen and oxygen atoms in total. The molecule has 0 aliphatic rings. The number of nitrogens with one attached hydrogen (secondary N) is 1. The van der Waals surface area contributed by atoms with Crippen LogP contribution in [0.3, 0.4) is 0 Å². The van der Waals surface area contributed by atoms with Crippen LogP contribution in [0.2, 0.25) is 0 Å². The van der Waals surface area contributed by atoms with E-state index in [0.29, 0.717) is 6.54 Å². The third-order valence-electron chi connectivity index (χ3n) is 3.16. The van der Waals surface area contributed by atoms with Crippen molar-refractivity contribution in [2.24, 2.45) is 5.92 Å². The highest BCUT2D eigenvalue weighted by molar-refractivity contribution is 7.98. The van der Waals surface area contributed by atoms with Crippen LogP contribution in [0.5, 0.6) is 0 Å². The van der Waals surface area contributed by atoms with Crippen LogP contribution in [-0.2, 0) is 11.3 Å². The Hall–Kier alpha value is -1.00. The molecule has 0 bridgehead atoms. The van der Waals surface area contributed by atoms with Crippen molar-refractivity contribution in [2.75, 3.05) is 6.26 Å². The van der Waals surface area contributed by atoms with Gasteiger partial charge >= 0.3 is 5.97 Å². The molecule has 0 aliphatic heterocycles. The molecule has 0 heterocycles. The molecule has 100 valence electrons. The number of hydrogen-bond acceptors (Lipinski definition) is 3. The lowest BCUT2D eigenvalue weighted by Gasteiger charge is -2.20. The van der Waals surface area contributed by atoms with Crippen LogP contribution >= 0.6 is 11.8 Å². The minimum absolute atomic E-state index is 0.132. The van der Waals surface area contributed by atoms with Gasteiger partial charge in [0.25, 0.3) is 0 Å². The fourth-order valence-corrected chi connectivity index (χ4v) is 2.15. The minimum Gasteiger partial charge on any atom is -0.480 e. The van der Waals surface area contributed by atoms with E-state index in [1.165, 1.54) is 4.90 Å². The van der Waals surface area contributed by atoms with E-state index in [0.717, 1.165) is 12.0 Å². The fourth-order valence-electron chi connectivity index (χ4n) is 1.74. The van der Waals surface area contributed by atoms with Crippen LogP contribution in [0.4, 0.5) is 0 Å². The van der Waals surface area contributed by atoms with E-state index in [4.69, 9.17) is 5.11 Å². The molecule has 0 saturated carbocycles. The van der Waals surface area contributed by atoms with Gasteiger partial charge in [-0.1, -0.05) is 32.4 Å². The van der Waals surface area contributed by atoms with E-state index < -0.39 is 12.0 Å². The zero-order chi connectivity index (χ0) is 13.5. The standard InChI is InChI=1S/C14H21NO2S/c1-4-10(2)13(14(16)17)15-9-11-5-7-12(18-3)8-6-11/h5-8,10,13,15H,4,9H2,1-3H3,(H,16,17). The van der Waals surface area contributed by atoms with E-state index >= 15 is 0 Å². The van der Waals surface area contributed by atoms with Gasteiger partial charge in [0.2, 0.25) is 0 Å². The summed E-state index contributed by atoms with van der Waals surface area (Å²) in [5.74, 6) is -0.641. The molecule has 1 aromatic carbocycles. The molecule has 18 heavy (non-hydrogen) atoms. The molecule has 4 heteroatoms. The van der Waals surface area contributed by atoms with E-state index in [-0.39, 0.29) is 5.92 Å². The molecule has 2 unspecified atom stereocenters. The predicted molar refractivity (Wildman–Crippen MR) is 75.9 cm³/mol. The van der Waals surface area contributed by atoms with E-state index in [2.05, 4.69) is 17.4 Å². The van der Waals surface area contributed by atoms with Gasteiger partial charge in [0.1, 0.15) is 6.04 Å². The molecule has 0 spiro atoms. The molecule has 0 fully saturated rings. The van der Waals surface area contributed by atoms with Crippen molar-refractivity contribution in [1.82, 2.24) is 5.32 Å². The zero-order valence-electron chi connectivity index (χ0n) is 11.1. The summed E-state index contributed by atoms with van der Waals surface area (Å²) in [4.78, 5) is 12.4. The Labute approximate surface area is 113 Å². The molecule has 0 radical (unpaired) electrons. The molecule has 2 N–H and O–H groups in total. The number of carboxylic acid groups (broad SMARTS) is 1. The van der Waals surface area contributed by atoms with Crippen LogP contribution in [-0.4, -0.2) is 23.4 Å². The van der Waals surface area contributed by atoms with Crippen LogP contribution in [0.15, 0.2) is 29.2 Å². The maximum absolute atomic E-state index is 11.2. The average molecular weight is 267 g/mol. The van der Waals surface area contributed by atoms with E-state index in [1.54, 1.807) is 11.8 Å². The zero-order valence-corrected chi connectivity index (χ0v) is 12.0. The first-order valence-electron chi connectivity index (χ1n) is 6.17. The third-order valence-corrected chi connectivity index (χ3v) is 3.91. The second-order valence-corrected chi connectivity index (χ2v) is 5.31. The quantitative estimate of drug-likeness (QED) is 0.746. The molecule has 2 atom stereocenters. The van der Waals surface area contributed by atoms with Crippen molar-refractivity contribution in [3.63, 3.8) is 0 Å². The predicted octanol–water partition coefficient (Wildman–Crippen LogP) is 3.00. The van der Waals surface area contributed by atoms with E-state index in [1.807, 2.05) is 32.2 Å². The van der Waals surface area contributed by atoms with Crippen molar-refractivity contribution >= 4 is 17.7 Å². The highest BCUT2D eigenvalue weighted by Crippen LogP contribution is 2.15. The average Bonchev–Trinajstić information content (AvgIpc) is 2.39. The van der Waals surface area contributed by atoms with Crippen LogP contribution in [0.1, 0.15) is 25.8 Å². The second-order valence-electron chi connectivity index (χ2n) is 4.43. The lowest BCUT2D eigenvalue weighted by Crippen LogP contribution is -2.41. The Bertz CT molecular complexity index is 378. The summed E-state index contributed by atoms with van der Waals surface area (Å²) < 4.78 is 0. The number of rotatable bonds is 7. The molecule has 0 aromatic heterocycles. The molecule has 0 amide bonds. The largest absolute Gasteiger partial charge is 0.480 e. The molecule has 0 saturated heterocycles. The Kier molecular flexibility index (Phi) is 6.22. The van der Waals surface area contributed by atoms with Crippen molar-refractivity contribution in [2.45, 2.75) is 37.8 Å². The molecule has 1 rings (SSSR count). The molecular weight excluding hydrogens is 246 g/mol. The van der Waals surface area contributed by atoms with Gasteiger partial charge in [0.15, 0.2) is 0 Å². The molecule has 1 aromatic rings. The molecular formula is C14H21NO2S. The number of carboxylic acids is 1. The monoisotopic (exact) mass is 267 g/mol. The first kappa shape index (κ1) is 15.1. The van der Waals surface area contributed by atoms with Gasteiger partial charge < -0.3 is 10.4 Å². The Morgan fingerprint density at radius 3 is 2.44 bits per heavy atom. The fraction of sp³-hybridized carbons (Fsp3) is 0.500. The third kappa shape index (κ3) is 4.35. The van der Waals surface area contributed by atoms with Crippen LogP contribution < -0.4 is 5.32 Å². The van der Waals surface area contributed by atoms with E-state index in [9.17, 15) is 4.79 Å². The lowest BCUT2D eigenvalue weighted by atomic mass is 9.99. The number of thioether (sulfide) groups is 1. The summed E-state index contributed by atoms with van der Waals surface area (Å²) in [6.07, 6.45) is 2.89. The highest BCUT2D eigenvalue weighted by Gasteiger charge is 2.22.